The molecule has 0 aliphatic carbocycles. The molecule has 2 aromatic rings. The third kappa shape index (κ3) is 4.81. The van der Waals surface area contributed by atoms with Gasteiger partial charge in [-0.2, -0.15) is 23.4 Å². The second-order valence-electron chi connectivity index (χ2n) is 3.32. The summed E-state index contributed by atoms with van der Waals surface area (Å²) in [4.78, 5) is 10.9. The number of hydrogen-bond acceptors (Lipinski definition) is 6. The largest absolute Gasteiger partial charge is 1.00 e. The smallest absolute Gasteiger partial charge is 0.324 e. The van der Waals surface area contributed by atoms with Crippen LogP contribution >= 0.6 is 23.2 Å². The van der Waals surface area contributed by atoms with Crippen LogP contribution < -0.4 is 34.9 Å². The predicted octanol–water partition coefficient (Wildman–Crippen LogP) is -0.827. The van der Waals surface area contributed by atoms with E-state index in [0.29, 0.717) is 5.69 Å². The molecule has 1 aromatic heterocycles. The first-order valence-corrected chi connectivity index (χ1v) is 6.96. The molecule has 2 N–H and O–H groups in total. The van der Waals surface area contributed by atoms with Gasteiger partial charge in [0.2, 0.25) is 16.5 Å². The van der Waals surface area contributed by atoms with Gasteiger partial charge in [0, 0.05) is 5.69 Å². The molecular weight excluding hydrogens is 338 g/mol. The van der Waals surface area contributed by atoms with Gasteiger partial charge in [0.25, 0.3) is 10.1 Å². The van der Waals surface area contributed by atoms with E-state index in [2.05, 4.69) is 20.3 Å². The Morgan fingerprint density at radius 1 is 1.00 bits per heavy atom. The Labute approximate surface area is 146 Å². The molecule has 0 amide bonds. The molecule has 20 heavy (non-hydrogen) atoms. The van der Waals surface area contributed by atoms with Crippen LogP contribution in [-0.2, 0) is 10.1 Å². The molecule has 0 unspecified atom stereocenters. The summed E-state index contributed by atoms with van der Waals surface area (Å²) in [6.07, 6.45) is 0. The normalized spacial score (nSPS) is 10.8. The zero-order valence-corrected chi connectivity index (χ0v) is 14.4. The van der Waals surface area contributed by atoms with Gasteiger partial charge in [-0.25, -0.2) is 0 Å². The summed E-state index contributed by atoms with van der Waals surface area (Å²) in [5, 5.41) is 2.61. The summed E-state index contributed by atoms with van der Waals surface area (Å²) in [6, 6.07) is 5.30. The summed E-state index contributed by atoms with van der Waals surface area (Å²) in [7, 11) is -4.22. The van der Waals surface area contributed by atoms with Crippen molar-refractivity contribution in [1.82, 2.24) is 15.0 Å². The van der Waals surface area contributed by atoms with Crippen molar-refractivity contribution < 1.29 is 42.5 Å². The van der Waals surface area contributed by atoms with Crippen molar-refractivity contribution in [2.24, 2.45) is 0 Å². The van der Waals surface area contributed by atoms with Crippen molar-refractivity contribution in [3.8, 4) is 0 Å². The van der Waals surface area contributed by atoms with E-state index in [9.17, 15) is 8.42 Å². The Hall–Kier alpha value is -0.480. The third-order valence-electron chi connectivity index (χ3n) is 1.99. The summed E-state index contributed by atoms with van der Waals surface area (Å²) in [5.41, 5.74) is 0.491. The van der Waals surface area contributed by atoms with Crippen molar-refractivity contribution in [3.05, 3.63) is 34.8 Å². The molecule has 1 heterocycles. The van der Waals surface area contributed by atoms with Gasteiger partial charge in [-0.3, -0.25) is 4.55 Å². The molecule has 0 radical (unpaired) electrons. The minimum absolute atomic E-state index is 0. The molecule has 0 aliphatic rings. The average molecular weight is 344 g/mol. The number of benzene rings is 1. The van der Waals surface area contributed by atoms with E-state index in [-0.39, 0.29) is 51.0 Å². The van der Waals surface area contributed by atoms with Crippen molar-refractivity contribution in [3.63, 3.8) is 0 Å². The van der Waals surface area contributed by atoms with Crippen LogP contribution in [0, 0.1) is 0 Å². The maximum atomic E-state index is 10.9. The van der Waals surface area contributed by atoms with Gasteiger partial charge in [0.1, 0.15) is 0 Å². The minimum Gasteiger partial charge on any atom is -0.324 e. The maximum absolute atomic E-state index is 10.9. The molecule has 0 aliphatic heterocycles. The van der Waals surface area contributed by atoms with Crippen molar-refractivity contribution >= 4 is 45.0 Å². The van der Waals surface area contributed by atoms with Crippen LogP contribution in [0.25, 0.3) is 0 Å². The zero-order valence-electron chi connectivity index (χ0n) is 10.1. The third-order valence-corrected chi connectivity index (χ3v) is 3.20. The minimum atomic E-state index is -4.22. The van der Waals surface area contributed by atoms with E-state index in [1.165, 1.54) is 24.3 Å². The molecule has 11 heteroatoms. The molecule has 0 bridgehead atoms. The van der Waals surface area contributed by atoms with E-state index >= 15 is 0 Å². The molecule has 2 rings (SSSR count). The van der Waals surface area contributed by atoms with Crippen LogP contribution in [0.15, 0.2) is 29.2 Å². The van der Waals surface area contributed by atoms with Crippen LogP contribution in [0.4, 0.5) is 11.6 Å². The molecular formula is C9H6Cl2N4NaO3S+. The van der Waals surface area contributed by atoms with Crippen LogP contribution in [0.2, 0.25) is 10.6 Å². The van der Waals surface area contributed by atoms with Gasteiger partial charge < -0.3 is 5.32 Å². The number of rotatable bonds is 3. The first-order chi connectivity index (χ1) is 8.84. The topological polar surface area (TPSA) is 105 Å². The number of nitrogens with zero attached hydrogens (tertiary/aromatic N) is 3. The SMILES string of the molecule is O=S(=O)(O)c1ccc(Nc2nc(Cl)nc(Cl)n2)cc1.[Na+]. The van der Waals surface area contributed by atoms with E-state index in [1.807, 2.05) is 0 Å². The quantitative estimate of drug-likeness (QED) is 0.553. The number of halogens is 2. The van der Waals surface area contributed by atoms with Gasteiger partial charge in [-0.15, -0.1) is 0 Å². The standard InChI is InChI=1S/C9H6Cl2N4O3S.Na/c10-7-13-8(11)15-9(14-7)12-5-1-3-6(4-2-5)19(16,17)18;/h1-4H,(H,16,17,18)(H,12,13,14,15);/q;+1. The first kappa shape index (κ1) is 17.6. The molecule has 7 nitrogen and oxygen atoms in total. The summed E-state index contributed by atoms with van der Waals surface area (Å²) in [5.74, 6) is 0.115. The zero-order chi connectivity index (χ0) is 14.0. The first-order valence-electron chi connectivity index (χ1n) is 4.76. The number of nitrogens with one attached hydrogen (secondary N) is 1. The van der Waals surface area contributed by atoms with Gasteiger partial charge in [-0.1, -0.05) is 0 Å². The van der Waals surface area contributed by atoms with Crippen LogP contribution in [-0.4, -0.2) is 27.9 Å². The molecule has 0 saturated carbocycles. The molecule has 100 valence electrons. The number of hydrogen-bond donors (Lipinski definition) is 2. The average Bonchev–Trinajstić information content (AvgIpc) is 2.26. The fourth-order valence-electron chi connectivity index (χ4n) is 1.22. The molecule has 0 fully saturated rings. The summed E-state index contributed by atoms with van der Waals surface area (Å²) in [6.45, 7) is 0. The van der Waals surface area contributed by atoms with E-state index in [0.717, 1.165) is 0 Å². The second-order valence-corrected chi connectivity index (χ2v) is 5.42. The second kappa shape index (κ2) is 6.99. The van der Waals surface area contributed by atoms with Gasteiger partial charge >= 0.3 is 29.6 Å². The Morgan fingerprint density at radius 3 is 1.95 bits per heavy atom. The fourth-order valence-corrected chi connectivity index (χ4v) is 2.06. The van der Waals surface area contributed by atoms with Crippen LogP contribution in [0.1, 0.15) is 0 Å². The fraction of sp³-hybridized carbons (Fsp3) is 0. The molecule has 1 aromatic carbocycles. The van der Waals surface area contributed by atoms with E-state index in [4.69, 9.17) is 27.8 Å². The van der Waals surface area contributed by atoms with Crippen molar-refractivity contribution in [2.45, 2.75) is 4.90 Å². The Morgan fingerprint density at radius 2 is 1.50 bits per heavy atom. The van der Waals surface area contributed by atoms with Crippen molar-refractivity contribution in [2.75, 3.05) is 5.32 Å². The van der Waals surface area contributed by atoms with Gasteiger partial charge in [0.15, 0.2) is 0 Å². The molecule has 0 saturated heterocycles. The summed E-state index contributed by atoms with van der Waals surface area (Å²) < 4.78 is 30.5. The maximum Gasteiger partial charge on any atom is 1.00 e. The number of anilines is 2. The van der Waals surface area contributed by atoms with E-state index < -0.39 is 10.1 Å². The summed E-state index contributed by atoms with van der Waals surface area (Å²) >= 11 is 11.2. The van der Waals surface area contributed by atoms with Gasteiger partial charge in [0.05, 0.1) is 4.90 Å². The van der Waals surface area contributed by atoms with Crippen LogP contribution in [0.5, 0.6) is 0 Å². The van der Waals surface area contributed by atoms with Crippen molar-refractivity contribution in [1.29, 1.82) is 0 Å². The monoisotopic (exact) mass is 343 g/mol. The van der Waals surface area contributed by atoms with E-state index in [1.54, 1.807) is 0 Å². The predicted molar refractivity (Wildman–Crippen MR) is 69.4 cm³/mol. The van der Waals surface area contributed by atoms with Gasteiger partial charge in [-0.05, 0) is 47.5 Å². The molecule has 0 atom stereocenters. The van der Waals surface area contributed by atoms with Crippen LogP contribution in [0.3, 0.4) is 0 Å². The Bertz CT molecular complexity index is 691. The Balaban J connectivity index is 0.00000200. The molecule has 0 spiro atoms. The number of aromatic nitrogens is 3. The Kier molecular flexibility index (Phi) is 6.14.